The summed E-state index contributed by atoms with van der Waals surface area (Å²) in [6.07, 6.45) is 1.40. The monoisotopic (exact) mass is 248 g/mol. The lowest BCUT2D eigenvalue weighted by Gasteiger charge is -2.03. The fraction of sp³-hybridized carbons (Fsp3) is 0.231. The molecule has 0 saturated heterocycles. The molecule has 0 spiro atoms. The van der Waals surface area contributed by atoms with Crippen molar-refractivity contribution in [2.45, 2.75) is 0 Å². The minimum absolute atomic E-state index is 0.0299. The Hall–Kier alpha value is -2.19. The number of nitrogens with zero attached hydrogens (tertiary/aromatic N) is 1. The Morgan fingerprint density at radius 2 is 2.17 bits per heavy atom. The molecule has 0 atom stereocenters. The lowest BCUT2D eigenvalue weighted by atomic mass is 10.1. The average Bonchev–Trinajstić information content (AvgIpc) is 2.38. The highest BCUT2D eigenvalue weighted by atomic mass is 19.1. The molecule has 0 unspecified atom stereocenters. The minimum Gasteiger partial charge on any atom is -0.383 e. The molecular formula is C13H13FN2O2. The maximum Gasteiger partial charge on any atom is 0.262 e. The van der Waals surface area contributed by atoms with E-state index in [1.165, 1.54) is 37.5 Å². The molecule has 0 heterocycles. The van der Waals surface area contributed by atoms with Gasteiger partial charge in [0.1, 0.15) is 17.5 Å². The number of methoxy groups -OCH3 is 1. The number of rotatable bonds is 5. The van der Waals surface area contributed by atoms with Gasteiger partial charge in [0, 0.05) is 13.7 Å². The van der Waals surface area contributed by atoms with E-state index < -0.39 is 5.91 Å². The lowest BCUT2D eigenvalue weighted by Crippen LogP contribution is -2.27. The molecule has 0 aliphatic rings. The Kier molecular flexibility index (Phi) is 5.55. The Morgan fingerprint density at radius 1 is 1.50 bits per heavy atom. The fourth-order valence-corrected chi connectivity index (χ4v) is 1.24. The Balaban J connectivity index is 2.74. The summed E-state index contributed by atoms with van der Waals surface area (Å²) in [5.41, 5.74) is 0.563. The van der Waals surface area contributed by atoms with Crippen LogP contribution in [0.25, 0.3) is 6.08 Å². The number of nitriles is 1. The first-order valence-corrected chi connectivity index (χ1v) is 5.32. The molecule has 0 radical (unpaired) electrons. The van der Waals surface area contributed by atoms with Crippen LogP contribution in [0.3, 0.4) is 0 Å². The summed E-state index contributed by atoms with van der Waals surface area (Å²) in [4.78, 5) is 11.6. The van der Waals surface area contributed by atoms with Crippen molar-refractivity contribution in [2.24, 2.45) is 0 Å². The van der Waals surface area contributed by atoms with Gasteiger partial charge in [0.05, 0.1) is 6.61 Å². The second-order valence-electron chi connectivity index (χ2n) is 3.47. The van der Waals surface area contributed by atoms with Gasteiger partial charge in [-0.1, -0.05) is 12.1 Å². The third-order valence-corrected chi connectivity index (χ3v) is 2.14. The zero-order valence-corrected chi connectivity index (χ0v) is 9.94. The van der Waals surface area contributed by atoms with E-state index in [0.717, 1.165) is 0 Å². The molecule has 0 bridgehead atoms. The molecule has 1 amide bonds. The van der Waals surface area contributed by atoms with Crippen LogP contribution in [0.15, 0.2) is 29.8 Å². The molecule has 4 nitrogen and oxygen atoms in total. The van der Waals surface area contributed by atoms with Crippen LogP contribution in [-0.2, 0) is 9.53 Å². The van der Waals surface area contributed by atoms with Crippen LogP contribution in [0, 0.1) is 17.1 Å². The molecule has 1 N–H and O–H groups in total. The van der Waals surface area contributed by atoms with Gasteiger partial charge in [0.2, 0.25) is 0 Å². The first kappa shape index (κ1) is 13.9. The van der Waals surface area contributed by atoms with E-state index in [-0.39, 0.29) is 11.4 Å². The van der Waals surface area contributed by atoms with Crippen molar-refractivity contribution in [3.05, 3.63) is 41.2 Å². The van der Waals surface area contributed by atoms with Crippen LogP contribution in [0.2, 0.25) is 0 Å². The van der Waals surface area contributed by atoms with Gasteiger partial charge in [-0.05, 0) is 23.8 Å². The molecule has 0 aliphatic heterocycles. The highest BCUT2D eigenvalue weighted by Gasteiger charge is 2.07. The van der Waals surface area contributed by atoms with Gasteiger partial charge in [-0.15, -0.1) is 0 Å². The minimum atomic E-state index is -0.473. The van der Waals surface area contributed by atoms with Gasteiger partial charge < -0.3 is 10.1 Å². The van der Waals surface area contributed by atoms with Crippen molar-refractivity contribution in [3.63, 3.8) is 0 Å². The average molecular weight is 248 g/mol. The summed E-state index contributed by atoms with van der Waals surface area (Å²) >= 11 is 0. The number of amides is 1. The maximum absolute atomic E-state index is 12.7. The molecule has 0 saturated carbocycles. The highest BCUT2D eigenvalue weighted by Crippen LogP contribution is 2.08. The summed E-state index contributed by atoms with van der Waals surface area (Å²) in [6, 6.07) is 7.33. The van der Waals surface area contributed by atoms with E-state index in [9.17, 15) is 9.18 Å². The quantitative estimate of drug-likeness (QED) is 0.488. The van der Waals surface area contributed by atoms with Crippen LogP contribution in [-0.4, -0.2) is 26.2 Å². The number of ether oxygens (including phenoxy) is 1. The van der Waals surface area contributed by atoms with E-state index in [4.69, 9.17) is 10.00 Å². The van der Waals surface area contributed by atoms with Crippen molar-refractivity contribution in [1.82, 2.24) is 5.32 Å². The Morgan fingerprint density at radius 3 is 2.72 bits per heavy atom. The standard InChI is InChI=1S/C13H13FN2O2/c1-18-7-6-16-13(17)11(9-15)8-10-2-4-12(14)5-3-10/h2-5,8H,6-7H2,1H3,(H,16,17)/b11-8+. The van der Waals surface area contributed by atoms with Crippen molar-refractivity contribution in [3.8, 4) is 6.07 Å². The summed E-state index contributed by atoms with van der Waals surface area (Å²) in [7, 11) is 1.52. The summed E-state index contributed by atoms with van der Waals surface area (Å²) < 4.78 is 17.5. The highest BCUT2D eigenvalue weighted by molar-refractivity contribution is 6.01. The topological polar surface area (TPSA) is 62.1 Å². The normalized spacial score (nSPS) is 10.8. The fourth-order valence-electron chi connectivity index (χ4n) is 1.24. The molecule has 0 aromatic heterocycles. The maximum atomic E-state index is 12.7. The second-order valence-corrected chi connectivity index (χ2v) is 3.47. The van der Waals surface area contributed by atoms with E-state index in [1.807, 2.05) is 0 Å². The van der Waals surface area contributed by atoms with E-state index >= 15 is 0 Å². The summed E-state index contributed by atoms with van der Waals surface area (Å²) in [5, 5.41) is 11.4. The van der Waals surface area contributed by atoms with Gasteiger partial charge in [-0.2, -0.15) is 5.26 Å². The van der Waals surface area contributed by atoms with Crippen molar-refractivity contribution in [1.29, 1.82) is 5.26 Å². The smallest absolute Gasteiger partial charge is 0.262 e. The number of halogens is 1. The van der Waals surface area contributed by atoms with Crippen molar-refractivity contribution < 1.29 is 13.9 Å². The zero-order valence-electron chi connectivity index (χ0n) is 9.94. The van der Waals surface area contributed by atoms with Crippen molar-refractivity contribution in [2.75, 3.05) is 20.3 Å². The molecular weight excluding hydrogens is 235 g/mol. The molecule has 1 rings (SSSR count). The van der Waals surface area contributed by atoms with Crippen LogP contribution in [0.5, 0.6) is 0 Å². The van der Waals surface area contributed by atoms with E-state index in [2.05, 4.69) is 5.32 Å². The lowest BCUT2D eigenvalue weighted by molar-refractivity contribution is -0.117. The van der Waals surface area contributed by atoms with E-state index in [1.54, 1.807) is 6.07 Å². The van der Waals surface area contributed by atoms with Crippen LogP contribution in [0.4, 0.5) is 4.39 Å². The van der Waals surface area contributed by atoms with Gasteiger partial charge in [0.15, 0.2) is 0 Å². The SMILES string of the molecule is COCCNC(=O)/C(C#N)=C/c1ccc(F)cc1. The van der Waals surface area contributed by atoms with Gasteiger partial charge in [-0.25, -0.2) is 4.39 Å². The number of hydrogen-bond acceptors (Lipinski definition) is 3. The first-order chi connectivity index (χ1) is 8.67. The predicted molar refractivity (Wildman–Crippen MR) is 64.9 cm³/mol. The Labute approximate surface area is 105 Å². The van der Waals surface area contributed by atoms with Gasteiger partial charge in [0.25, 0.3) is 5.91 Å². The molecule has 1 aromatic rings. The second kappa shape index (κ2) is 7.20. The molecule has 5 heteroatoms. The molecule has 94 valence electrons. The third-order valence-electron chi connectivity index (χ3n) is 2.14. The molecule has 0 fully saturated rings. The number of hydrogen-bond donors (Lipinski definition) is 1. The van der Waals surface area contributed by atoms with Crippen LogP contribution >= 0.6 is 0 Å². The van der Waals surface area contributed by atoms with Crippen LogP contribution < -0.4 is 5.32 Å². The number of nitrogens with one attached hydrogen (secondary N) is 1. The number of carbonyl (C=O) groups is 1. The number of carbonyl (C=O) groups excluding carboxylic acids is 1. The molecule has 18 heavy (non-hydrogen) atoms. The third kappa shape index (κ3) is 4.36. The van der Waals surface area contributed by atoms with Gasteiger partial charge in [-0.3, -0.25) is 4.79 Å². The Bertz CT molecular complexity index is 475. The van der Waals surface area contributed by atoms with Gasteiger partial charge >= 0.3 is 0 Å². The number of benzene rings is 1. The first-order valence-electron chi connectivity index (χ1n) is 5.32. The molecule has 1 aromatic carbocycles. The predicted octanol–water partition coefficient (Wildman–Crippen LogP) is 1.50. The summed E-state index contributed by atoms with van der Waals surface area (Å²) in [6.45, 7) is 0.707. The molecule has 0 aliphatic carbocycles. The summed E-state index contributed by atoms with van der Waals surface area (Å²) in [5.74, 6) is -0.839. The van der Waals surface area contributed by atoms with E-state index in [0.29, 0.717) is 18.7 Å². The zero-order chi connectivity index (χ0) is 13.4. The largest absolute Gasteiger partial charge is 0.383 e. The van der Waals surface area contributed by atoms with Crippen molar-refractivity contribution >= 4 is 12.0 Å². The van der Waals surface area contributed by atoms with Crippen LogP contribution in [0.1, 0.15) is 5.56 Å².